The number of nitrogens with one attached hydrogen (secondary N) is 1. The molecule has 1 aliphatic rings. The van der Waals surface area contributed by atoms with Crippen LogP contribution in [-0.2, 0) is 4.74 Å². The highest BCUT2D eigenvalue weighted by atomic mass is 16.5. The maximum absolute atomic E-state index is 5.46. The fraction of sp³-hybridized carbons (Fsp3) is 0.600. The number of rotatable bonds is 4. The lowest BCUT2D eigenvalue weighted by Crippen LogP contribution is -2.37. The third-order valence-corrected chi connectivity index (χ3v) is 2.43. The van der Waals surface area contributed by atoms with Crippen LogP contribution in [0, 0.1) is 0 Å². The van der Waals surface area contributed by atoms with E-state index in [9.17, 15) is 0 Å². The van der Waals surface area contributed by atoms with Crippen molar-refractivity contribution in [2.45, 2.75) is 0 Å². The molecule has 88 valence electrons. The number of aromatic nitrogens is 2. The predicted molar refractivity (Wildman–Crippen MR) is 62.6 cm³/mol. The van der Waals surface area contributed by atoms with Gasteiger partial charge in [0.25, 0.3) is 0 Å². The zero-order valence-corrected chi connectivity index (χ0v) is 9.22. The van der Waals surface area contributed by atoms with Crippen molar-refractivity contribution in [3.05, 3.63) is 12.4 Å². The Bertz CT molecular complexity index is 327. The minimum atomic E-state index is 0.582. The van der Waals surface area contributed by atoms with E-state index < -0.39 is 0 Å². The summed E-state index contributed by atoms with van der Waals surface area (Å²) in [4.78, 5) is 10.8. The maximum atomic E-state index is 5.46. The molecule has 2 rings (SSSR count). The number of morpholine rings is 1. The summed E-state index contributed by atoms with van der Waals surface area (Å²) in [5.74, 6) is 1.69. The van der Waals surface area contributed by atoms with Crippen molar-refractivity contribution in [1.29, 1.82) is 0 Å². The van der Waals surface area contributed by atoms with E-state index in [1.54, 1.807) is 12.4 Å². The Kier molecular flexibility index (Phi) is 3.90. The lowest BCUT2D eigenvalue weighted by molar-refractivity contribution is 0.122. The van der Waals surface area contributed by atoms with Crippen molar-refractivity contribution in [2.24, 2.45) is 5.73 Å². The second-order valence-corrected chi connectivity index (χ2v) is 3.54. The Morgan fingerprint density at radius 1 is 1.31 bits per heavy atom. The van der Waals surface area contributed by atoms with Gasteiger partial charge < -0.3 is 20.7 Å². The van der Waals surface area contributed by atoms with Crippen molar-refractivity contribution in [3.8, 4) is 0 Å². The molecule has 1 saturated heterocycles. The highest BCUT2D eigenvalue weighted by molar-refractivity contribution is 5.60. The largest absolute Gasteiger partial charge is 0.378 e. The molecule has 6 heteroatoms. The van der Waals surface area contributed by atoms with E-state index in [-0.39, 0.29) is 0 Å². The van der Waals surface area contributed by atoms with Crippen LogP contribution in [0.1, 0.15) is 0 Å². The van der Waals surface area contributed by atoms with Gasteiger partial charge >= 0.3 is 0 Å². The van der Waals surface area contributed by atoms with E-state index in [0.29, 0.717) is 13.1 Å². The molecule has 16 heavy (non-hydrogen) atoms. The first-order valence-electron chi connectivity index (χ1n) is 5.49. The number of nitrogens with zero attached hydrogens (tertiary/aromatic N) is 3. The second kappa shape index (κ2) is 5.62. The molecule has 6 nitrogen and oxygen atoms in total. The average molecular weight is 223 g/mol. The van der Waals surface area contributed by atoms with Crippen molar-refractivity contribution in [3.63, 3.8) is 0 Å². The third kappa shape index (κ3) is 2.59. The highest BCUT2D eigenvalue weighted by Crippen LogP contribution is 2.20. The molecule has 0 radical (unpaired) electrons. The van der Waals surface area contributed by atoms with Crippen molar-refractivity contribution in [1.82, 2.24) is 9.97 Å². The molecule has 0 saturated carbocycles. The standard InChI is InChI=1S/C10H17N5O/c11-1-2-12-9-10(14-4-3-13-9)15-5-7-16-8-6-15/h3-4H,1-2,5-8,11H2,(H,12,13). The first-order valence-corrected chi connectivity index (χ1v) is 5.49. The molecule has 1 aromatic heterocycles. The van der Waals surface area contributed by atoms with Gasteiger partial charge in [0.1, 0.15) is 0 Å². The minimum Gasteiger partial charge on any atom is -0.378 e. The Morgan fingerprint density at radius 3 is 2.81 bits per heavy atom. The molecule has 0 aliphatic carbocycles. The first-order chi connectivity index (χ1) is 7.92. The maximum Gasteiger partial charge on any atom is 0.171 e. The van der Waals surface area contributed by atoms with E-state index in [0.717, 1.165) is 37.9 Å². The monoisotopic (exact) mass is 223 g/mol. The summed E-state index contributed by atoms with van der Waals surface area (Å²) in [7, 11) is 0. The molecular weight excluding hydrogens is 206 g/mol. The molecule has 0 amide bonds. The molecular formula is C10H17N5O. The minimum absolute atomic E-state index is 0.582. The number of anilines is 2. The molecule has 1 aromatic rings. The van der Waals surface area contributed by atoms with Gasteiger partial charge in [-0.3, -0.25) is 0 Å². The summed E-state index contributed by atoms with van der Waals surface area (Å²) in [6.07, 6.45) is 3.39. The molecule has 0 bridgehead atoms. The number of nitrogens with two attached hydrogens (primary N) is 1. The molecule has 1 aliphatic heterocycles. The van der Waals surface area contributed by atoms with E-state index in [1.807, 2.05) is 0 Å². The first kappa shape index (κ1) is 11.1. The zero-order chi connectivity index (χ0) is 11.2. The molecule has 3 N–H and O–H groups in total. The van der Waals surface area contributed by atoms with E-state index in [2.05, 4.69) is 20.2 Å². The van der Waals surface area contributed by atoms with Gasteiger partial charge in [-0.2, -0.15) is 0 Å². The number of ether oxygens (including phenoxy) is 1. The molecule has 0 spiro atoms. The van der Waals surface area contributed by atoms with Gasteiger partial charge in [-0.05, 0) is 0 Å². The predicted octanol–water partition coefficient (Wildman–Crippen LogP) is -0.316. The quantitative estimate of drug-likeness (QED) is 0.729. The van der Waals surface area contributed by atoms with Gasteiger partial charge in [-0.25, -0.2) is 9.97 Å². The van der Waals surface area contributed by atoms with E-state index in [1.165, 1.54) is 0 Å². The van der Waals surface area contributed by atoms with Crippen LogP contribution in [0.2, 0.25) is 0 Å². The summed E-state index contributed by atoms with van der Waals surface area (Å²) in [6.45, 7) is 4.49. The van der Waals surface area contributed by atoms with Crippen LogP contribution in [0.25, 0.3) is 0 Å². The van der Waals surface area contributed by atoms with Gasteiger partial charge in [0.05, 0.1) is 13.2 Å². The van der Waals surface area contributed by atoms with Gasteiger partial charge in [-0.1, -0.05) is 0 Å². The smallest absolute Gasteiger partial charge is 0.171 e. The normalized spacial score (nSPS) is 16.2. The van der Waals surface area contributed by atoms with Gasteiger partial charge in [0, 0.05) is 38.6 Å². The lowest BCUT2D eigenvalue weighted by atomic mass is 10.4. The Balaban J connectivity index is 2.11. The van der Waals surface area contributed by atoms with Crippen LogP contribution in [0.5, 0.6) is 0 Å². The highest BCUT2D eigenvalue weighted by Gasteiger charge is 2.16. The third-order valence-electron chi connectivity index (χ3n) is 2.43. The summed E-state index contributed by atoms with van der Waals surface area (Å²) in [5, 5.41) is 3.18. The summed E-state index contributed by atoms with van der Waals surface area (Å²) in [5.41, 5.74) is 5.46. The van der Waals surface area contributed by atoms with Crippen LogP contribution in [0.3, 0.4) is 0 Å². The summed E-state index contributed by atoms with van der Waals surface area (Å²) in [6, 6.07) is 0. The fourth-order valence-electron chi connectivity index (χ4n) is 1.65. The Morgan fingerprint density at radius 2 is 2.06 bits per heavy atom. The molecule has 1 fully saturated rings. The molecule has 2 heterocycles. The van der Waals surface area contributed by atoms with Gasteiger partial charge in [-0.15, -0.1) is 0 Å². The van der Waals surface area contributed by atoms with Crippen molar-refractivity contribution in [2.75, 3.05) is 49.6 Å². The molecule has 0 aromatic carbocycles. The summed E-state index contributed by atoms with van der Waals surface area (Å²) < 4.78 is 5.31. The van der Waals surface area contributed by atoms with Crippen LogP contribution >= 0.6 is 0 Å². The number of hydrogen-bond donors (Lipinski definition) is 2. The second-order valence-electron chi connectivity index (χ2n) is 3.54. The van der Waals surface area contributed by atoms with Gasteiger partial charge in [0.2, 0.25) is 0 Å². The summed E-state index contributed by atoms with van der Waals surface area (Å²) >= 11 is 0. The average Bonchev–Trinajstić information content (AvgIpc) is 2.38. The zero-order valence-electron chi connectivity index (χ0n) is 9.22. The van der Waals surface area contributed by atoms with Gasteiger partial charge in [0.15, 0.2) is 11.6 Å². The van der Waals surface area contributed by atoms with Crippen LogP contribution in [0.15, 0.2) is 12.4 Å². The van der Waals surface area contributed by atoms with E-state index >= 15 is 0 Å². The Hall–Kier alpha value is -1.40. The van der Waals surface area contributed by atoms with E-state index in [4.69, 9.17) is 10.5 Å². The van der Waals surface area contributed by atoms with Crippen molar-refractivity contribution < 1.29 is 4.74 Å². The SMILES string of the molecule is NCCNc1nccnc1N1CCOCC1. The van der Waals surface area contributed by atoms with Crippen LogP contribution in [-0.4, -0.2) is 49.4 Å². The fourth-order valence-corrected chi connectivity index (χ4v) is 1.65. The van der Waals surface area contributed by atoms with Crippen LogP contribution < -0.4 is 16.0 Å². The Labute approximate surface area is 94.8 Å². The lowest BCUT2D eigenvalue weighted by Gasteiger charge is -2.28. The number of hydrogen-bond acceptors (Lipinski definition) is 6. The van der Waals surface area contributed by atoms with Crippen molar-refractivity contribution >= 4 is 11.6 Å². The van der Waals surface area contributed by atoms with Crippen LogP contribution in [0.4, 0.5) is 11.6 Å². The topological polar surface area (TPSA) is 76.3 Å². The molecule has 0 unspecified atom stereocenters. The molecule has 0 atom stereocenters.